The minimum absolute atomic E-state index is 0.00514. The number of aromatic nitrogens is 5. The van der Waals surface area contributed by atoms with Crippen molar-refractivity contribution in [3.8, 4) is 22.4 Å². The lowest BCUT2D eigenvalue weighted by Gasteiger charge is -2.13. The van der Waals surface area contributed by atoms with Crippen LogP contribution >= 0.6 is 0 Å². The summed E-state index contributed by atoms with van der Waals surface area (Å²) in [6.45, 7) is 3.01. The predicted molar refractivity (Wildman–Crippen MR) is 144 cm³/mol. The summed E-state index contributed by atoms with van der Waals surface area (Å²) in [4.78, 5) is 28.9. The highest BCUT2D eigenvalue weighted by molar-refractivity contribution is 5.97. The van der Waals surface area contributed by atoms with Crippen molar-refractivity contribution in [3.05, 3.63) is 89.4 Å². The number of halogens is 2. The van der Waals surface area contributed by atoms with Gasteiger partial charge in [0.15, 0.2) is 11.5 Å². The average Bonchev–Trinajstić information content (AvgIpc) is 3.51. The van der Waals surface area contributed by atoms with Crippen LogP contribution < -0.4 is 10.6 Å². The summed E-state index contributed by atoms with van der Waals surface area (Å²) < 4.78 is 33.3. The monoisotopic (exact) mass is 541 g/mol. The Morgan fingerprint density at radius 2 is 1.85 bits per heavy atom. The third-order valence-electron chi connectivity index (χ3n) is 6.82. The molecule has 6 rings (SSSR count). The molecular weight excluding hydrogens is 516 g/mol. The lowest BCUT2D eigenvalue weighted by molar-refractivity contribution is -0.114. The van der Waals surface area contributed by atoms with Gasteiger partial charge in [0.25, 0.3) is 5.91 Å². The topological polar surface area (TPSA) is 106 Å². The Morgan fingerprint density at radius 3 is 2.62 bits per heavy atom. The van der Waals surface area contributed by atoms with E-state index < -0.39 is 17.5 Å². The van der Waals surface area contributed by atoms with Crippen LogP contribution in [0, 0.1) is 18.6 Å². The summed E-state index contributed by atoms with van der Waals surface area (Å²) in [7, 11) is 0. The number of nitrogens with one attached hydrogen (secondary N) is 2. The van der Waals surface area contributed by atoms with Gasteiger partial charge in [-0.25, -0.2) is 18.3 Å². The second kappa shape index (κ2) is 9.99. The van der Waals surface area contributed by atoms with Gasteiger partial charge in [0.1, 0.15) is 11.6 Å². The number of aryl methyl sites for hydroxylation is 1. The molecule has 2 aromatic carbocycles. The molecule has 1 saturated carbocycles. The van der Waals surface area contributed by atoms with Crippen molar-refractivity contribution in [1.29, 1.82) is 0 Å². The maximum Gasteiger partial charge on any atom is 0.254 e. The number of nitrogens with zero attached hydrogens (tertiary/aromatic N) is 5. The first-order valence-electron chi connectivity index (χ1n) is 12.8. The van der Waals surface area contributed by atoms with Gasteiger partial charge in [-0.15, -0.1) is 0 Å². The van der Waals surface area contributed by atoms with Crippen molar-refractivity contribution >= 4 is 23.3 Å². The van der Waals surface area contributed by atoms with Crippen LogP contribution in [0.3, 0.4) is 0 Å². The Balaban J connectivity index is 1.26. The molecule has 1 aliphatic rings. The number of hydrogen-bond acceptors (Lipinski definition) is 5. The lowest BCUT2D eigenvalue weighted by Crippen LogP contribution is -2.25. The number of benzene rings is 2. The fourth-order valence-corrected chi connectivity index (χ4v) is 4.69. The number of rotatable bonds is 7. The number of fused-ring (bicyclic) bond motifs is 1. The molecule has 3 heterocycles. The van der Waals surface area contributed by atoms with Crippen LogP contribution in [0.1, 0.15) is 47.3 Å². The number of imidazole rings is 1. The predicted octanol–water partition coefficient (Wildman–Crippen LogP) is 5.07. The van der Waals surface area contributed by atoms with E-state index in [1.165, 1.54) is 29.8 Å². The molecule has 0 atom stereocenters. The van der Waals surface area contributed by atoms with E-state index in [0.717, 1.165) is 24.0 Å². The second-order valence-electron chi connectivity index (χ2n) is 9.87. The molecule has 0 saturated heterocycles. The largest absolute Gasteiger partial charge is 0.348 e. The Morgan fingerprint density at radius 1 is 1.05 bits per heavy atom. The molecule has 3 aromatic heterocycles. The Kier molecular flexibility index (Phi) is 6.33. The van der Waals surface area contributed by atoms with Crippen molar-refractivity contribution < 1.29 is 18.4 Å². The zero-order valence-electron chi connectivity index (χ0n) is 21.8. The van der Waals surface area contributed by atoms with Crippen molar-refractivity contribution in [2.75, 3.05) is 5.32 Å². The molecule has 0 aliphatic heterocycles. The number of amides is 2. The molecule has 0 spiro atoms. The van der Waals surface area contributed by atoms with Gasteiger partial charge in [-0.3, -0.25) is 14.3 Å². The van der Waals surface area contributed by atoms with Crippen molar-refractivity contribution in [3.63, 3.8) is 0 Å². The fourth-order valence-electron chi connectivity index (χ4n) is 4.69. The first-order valence-corrected chi connectivity index (χ1v) is 12.8. The minimum Gasteiger partial charge on any atom is -0.348 e. The molecule has 0 radical (unpaired) electrons. The maximum absolute atomic E-state index is 15.8. The molecule has 202 valence electrons. The van der Waals surface area contributed by atoms with E-state index in [2.05, 4.69) is 25.8 Å². The zero-order valence-corrected chi connectivity index (χ0v) is 21.8. The van der Waals surface area contributed by atoms with Crippen LogP contribution in [0.4, 0.5) is 14.6 Å². The van der Waals surface area contributed by atoms with E-state index in [0.29, 0.717) is 28.6 Å². The van der Waals surface area contributed by atoms with Crippen molar-refractivity contribution in [2.45, 2.75) is 39.3 Å². The highest BCUT2D eigenvalue weighted by Gasteiger charge is 2.25. The molecule has 2 amide bonds. The fraction of sp³-hybridized carbons (Fsp3) is 0.207. The van der Waals surface area contributed by atoms with Gasteiger partial charge in [-0.1, -0.05) is 12.1 Å². The minimum atomic E-state index is -0.725. The summed E-state index contributed by atoms with van der Waals surface area (Å²) in [6, 6.07) is 11.2. The van der Waals surface area contributed by atoms with Gasteiger partial charge in [0.05, 0.1) is 29.7 Å². The van der Waals surface area contributed by atoms with E-state index in [4.69, 9.17) is 0 Å². The lowest BCUT2D eigenvalue weighted by atomic mass is 10.00. The smallest absolute Gasteiger partial charge is 0.254 e. The van der Waals surface area contributed by atoms with Crippen LogP contribution in [0.25, 0.3) is 28.0 Å². The van der Waals surface area contributed by atoms with Crippen LogP contribution in [-0.4, -0.2) is 36.2 Å². The molecule has 40 heavy (non-hydrogen) atoms. The number of carbonyl (C=O) groups is 2. The number of hydrogen-bond donors (Lipinski definition) is 2. The molecule has 1 aliphatic carbocycles. The number of carbonyl (C=O) groups excluding carboxylic acids is 2. The van der Waals surface area contributed by atoms with E-state index in [9.17, 15) is 14.0 Å². The Bertz CT molecular complexity index is 1790. The van der Waals surface area contributed by atoms with Crippen LogP contribution in [0.15, 0.2) is 61.1 Å². The van der Waals surface area contributed by atoms with Crippen molar-refractivity contribution in [1.82, 2.24) is 29.7 Å². The van der Waals surface area contributed by atoms with Gasteiger partial charge in [-0.2, -0.15) is 10.2 Å². The summed E-state index contributed by atoms with van der Waals surface area (Å²) in [5.74, 6) is -1.75. The van der Waals surface area contributed by atoms with E-state index >= 15 is 4.39 Å². The first-order chi connectivity index (χ1) is 19.3. The van der Waals surface area contributed by atoms with Crippen LogP contribution in [0.5, 0.6) is 0 Å². The van der Waals surface area contributed by atoms with E-state index in [-0.39, 0.29) is 29.3 Å². The van der Waals surface area contributed by atoms with E-state index in [1.807, 2.05) is 10.9 Å². The molecule has 0 unspecified atom stereocenters. The highest BCUT2D eigenvalue weighted by Crippen LogP contribution is 2.36. The highest BCUT2D eigenvalue weighted by atomic mass is 19.1. The molecule has 9 nitrogen and oxygen atoms in total. The summed E-state index contributed by atoms with van der Waals surface area (Å²) in [6.07, 6.45) is 7.34. The molecule has 2 N–H and O–H groups in total. The third kappa shape index (κ3) is 4.93. The summed E-state index contributed by atoms with van der Waals surface area (Å²) in [5.41, 5.74) is 3.33. The van der Waals surface area contributed by atoms with Crippen LogP contribution in [0.2, 0.25) is 0 Å². The maximum atomic E-state index is 15.8. The standard InChI is InChI=1S/C29H25F2N7O2/c1-16-3-7-23(24-9-10-26-35-25(34-17(2)39)15-38(26)36-24)28(31)27(16)29(40)32-12-18-11-20(30)4-8-22(18)19-13-33-37(14-19)21-5-6-21/h3-4,7-11,13-15,21H,5-6,12H2,1-2H3,(H,32,40)(H,34,39). The van der Waals surface area contributed by atoms with Crippen LogP contribution in [-0.2, 0) is 11.3 Å². The zero-order chi connectivity index (χ0) is 28.0. The molecule has 0 bridgehead atoms. The second-order valence-corrected chi connectivity index (χ2v) is 9.87. The van der Waals surface area contributed by atoms with Gasteiger partial charge in [0.2, 0.25) is 5.91 Å². The Hall–Kier alpha value is -4.93. The van der Waals surface area contributed by atoms with E-state index in [1.54, 1.807) is 43.5 Å². The van der Waals surface area contributed by atoms with Gasteiger partial charge in [-0.05, 0) is 66.8 Å². The molecular formula is C29H25F2N7O2. The van der Waals surface area contributed by atoms with Crippen molar-refractivity contribution in [2.24, 2.45) is 0 Å². The third-order valence-corrected chi connectivity index (χ3v) is 6.82. The quantitative estimate of drug-likeness (QED) is 0.299. The van der Waals surface area contributed by atoms with Gasteiger partial charge < -0.3 is 10.6 Å². The molecule has 1 fully saturated rings. The normalized spacial score (nSPS) is 13.0. The first kappa shape index (κ1) is 25.4. The van der Waals surface area contributed by atoms with Gasteiger partial charge in [0, 0.05) is 30.8 Å². The molecule has 5 aromatic rings. The Labute approximate surface area is 227 Å². The molecule has 11 heteroatoms. The summed E-state index contributed by atoms with van der Waals surface area (Å²) >= 11 is 0. The number of anilines is 1. The average molecular weight is 542 g/mol. The SMILES string of the molecule is CC(=O)Nc1cn2nc(-c3ccc(C)c(C(=O)NCc4cc(F)ccc4-c4cnn(C5CC5)c4)c3F)ccc2n1. The van der Waals surface area contributed by atoms with Gasteiger partial charge >= 0.3 is 0 Å². The summed E-state index contributed by atoms with van der Waals surface area (Å²) in [5, 5.41) is 14.2.